The van der Waals surface area contributed by atoms with Gasteiger partial charge in [0, 0.05) is 12.1 Å². The van der Waals surface area contributed by atoms with E-state index in [1.165, 1.54) is 19.2 Å². The van der Waals surface area contributed by atoms with Crippen LogP contribution in [0.5, 0.6) is 17.2 Å². The maximum atomic E-state index is 12.4. The molecule has 5 nitrogen and oxygen atoms in total. The topological polar surface area (TPSA) is 56.8 Å². The van der Waals surface area contributed by atoms with Crippen LogP contribution in [0, 0.1) is 0 Å². The molecule has 0 aliphatic heterocycles. The molecule has 26 heavy (non-hydrogen) atoms. The minimum Gasteiger partial charge on any atom is -0.493 e. The summed E-state index contributed by atoms with van der Waals surface area (Å²) in [6.07, 6.45) is 0. The van der Waals surface area contributed by atoms with Crippen molar-refractivity contribution in [1.82, 2.24) is 5.32 Å². The first-order chi connectivity index (χ1) is 12.4. The Kier molecular flexibility index (Phi) is 7.20. The van der Waals surface area contributed by atoms with E-state index in [0.717, 1.165) is 5.56 Å². The highest BCUT2D eigenvalue weighted by Gasteiger charge is 2.15. The fraction of sp³-hybridized carbons (Fsp3) is 0.278. The summed E-state index contributed by atoms with van der Waals surface area (Å²) in [6.45, 7) is -0.315. The van der Waals surface area contributed by atoms with Crippen molar-refractivity contribution in [3.63, 3.8) is 0 Å². The Hall–Kier alpha value is -2.35. The minimum atomic E-state index is -2.87. The van der Waals surface area contributed by atoms with E-state index in [1.807, 2.05) is 6.92 Å². The van der Waals surface area contributed by atoms with Crippen LogP contribution in [-0.4, -0.2) is 26.2 Å². The average molecular weight is 430 g/mol. The monoisotopic (exact) mass is 429 g/mol. The van der Waals surface area contributed by atoms with Crippen molar-refractivity contribution in [3.05, 3.63) is 52.0 Å². The van der Waals surface area contributed by atoms with Crippen LogP contribution in [0.2, 0.25) is 0 Å². The molecule has 2 aromatic carbocycles. The van der Waals surface area contributed by atoms with Crippen molar-refractivity contribution in [2.24, 2.45) is 0 Å². The summed E-state index contributed by atoms with van der Waals surface area (Å²) in [5.41, 5.74) is 1.15. The summed E-state index contributed by atoms with van der Waals surface area (Å²) in [5, 5.41) is 2.76. The summed E-state index contributed by atoms with van der Waals surface area (Å²) < 4.78 is 39.9. The number of ether oxygens (including phenoxy) is 3. The van der Waals surface area contributed by atoms with Crippen LogP contribution in [0.15, 0.2) is 40.9 Å². The zero-order valence-electron chi connectivity index (χ0n) is 14.2. The van der Waals surface area contributed by atoms with Crippen molar-refractivity contribution in [2.75, 3.05) is 13.7 Å². The molecule has 140 valence electrons. The third kappa shape index (κ3) is 5.32. The van der Waals surface area contributed by atoms with Gasteiger partial charge in [-0.15, -0.1) is 0 Å². The second kappa shape index (κ2) is 9.38. The zero-order valence-corrected chi connectivity index (χ0v) is 15.8. The van der Waals surface area contributed by atoms with Crippen LogP contribution in [0.1, 0.15) is 22.8 Å². The lowest BCUT2D eigenvalue weighted by Gasteiger charge is -2.13. The van der Waals surface area contributed by atoms with Gasteiger partial charge < -0.3 is 19.5 Å². The highest BCUT2D eigenvalue weighted by molar-refractivity contribution is 9.10. The molecular weight excluding hydrogens is 412 g/mol. The molecular formula is C18H18BrF2NO4. The lowest BCUT2D eigenvalue weighted by molar-refractivity contribution is -0.0498. The second-order valence-corrected chi connectivity index (χ2v) is 5.98. The molecule has 0 atom stereocenters. The molecule has 0 saturated carbocycles. The van der Waals surface area contributed by atoms with Crippen LogP contribution in [-0.2, 0) is 6.54 Å². The molecule has 0 unspecified atom stereocenters. The minimum absolute atomic E-state index is 0.0651. The predicted molar refractivity (Wildman–Crippen MR) is 96.1 cm³/mol. The number of methoxy groups -OCH3 is 1. The van der Waals surface area contributed by atoms with Crippen molar-refractivity contribution < 1.29 is 27.8 Å². The van der Waals surface area contributed by atoms with Gasteiger partial charge in [0.1, 0.15) is 5.75 Å². The van der Waals surface area contributed by atoms with Gasteiger partial charge in [-0.05, 0) is 52.7 Å². The molecule has 0 aliphatic carbocycles. The second-order valence-electron chi connectivity index (χ2n) is 5.13. The average Bonchev–Trinajstić information content (AvgIpc) is 2.62. The highest BCUT2D eigenvalue weighted by atomic mass is 79.9. The molecule has 0 aromatic heterocycles. The molecule has 0 aliphatic rings. The Morgan fingerprint density at radius 1 is 1.23 bits per heavy atom. The summed E-state index contributed by atoms with van der Waals surface area (Å²) in [4.78, 5) is 12.4. The number of nitrogens with one attached hydrogen (secondary N) is 1. The zero-order chi connectivity index (χ0) is 19.1. The number of amides is 1. The molecule has 0 saturated heterocycles. The Bertz CT molecular complexity index is 754. The molecule has 1 amide bonds. The summed E-state index contributed by atoms with van der Waals surface area (Å²) in [6, 6.07) is 9.28. The predicted octanol–water partition coefficient (Wildman–Crippen LogP) is 4.39. The first kappa shape index (κ1) is 20.0. The largest absolute Gasteiger partial charge is 0.493 e. The van der Waals surface area contributed by atoms with Crippen LogP contribution >= 0.6 is 15.9 Å². The van der Waals surface area contributed by atoms with Crippen molar-refractivity contribution >= 4 is 21.8 Å². The molecule has 1 N–H and O–H groups in total. The molecule has 0 heterocycles. The van der Waals surface area contributed by atoms with Crippen LogP contribution in [0.25, 0.3) is 0 Å². The number of halogens is 3. The van der Waals surface area contributed by atoms with E-state index in [9.17, 15) is 13.6 Å². The van der Waals surface area contributed by atoms with Gasteiger partial charge in [0.15, 0.2) is 11.5 Å². The Labute approximate surface area is 158 Å². The quantitative estimate of drug-likeness (QED) is 0.675. The number of rotatable bonds is 8. The molecule has 8 heteroatoms. The summed E-state index contributed by atoms with van der Waals surface area (Å²) >= 11 is 3.37. The van der Waals surface area contributed by atoms with E-state index in [2.05, 4.69) is 26.0 Å². The van der Waals surface area contributed by atoms with Gasteiger partial charge in [-0.3, -0.25) is 4.79 Å². The van der Waals surface area contributed by atoms with E-state index in [0.29, 0.717) is 28.1 Å². The first-order valence-electron chi connectivity index (χ1n) is 7.76. The number of carbonyl (C=O) groups is 1. The van der Waals surface area contributed by atoms with Gasteiger partial charge in [-0.2, -0.15) is 8.78 Å². The summed E-state index contributed by atoms with van der Waals surface area (Å²) in [5.74, 6) is 0.733. The molecule has 0 spiro atoms. The van der Waals surface area contributed by atoms with Crippen molar-refractivity contribution in [1.29, 1.82) is 0 Å². The van der Waals surface area contributed by atoms with E-state index >= 15 is 0 Å². The van der Waals surface area contributed by atoms with Gasteiger partial charge in [-0.25, -0.2) is 0 Å². The third-order valence-corrected chi connectivity index (χ3v) is 3.97. The smallest absolute Gasteiger partial charge is 0.387 e. The number of hydrogen-bond donors (Lipinski definition) is 1. The van der Waals surface area contributed by atoms with E-state index in [4.69, 9.17) is 9.47 Å². The molecule has 0 fully saturated rings. The van der Waals surface area contributed by atoms with E-state index in [1.54, 1.807) is 24.3 Å². The van der Waals surface area contributed by atoms with Crippen LogP contribution in [0.3, 0.4) is 0 Å². The standard InChI is InChI=1S/C18H18BrF2NO4/c1-3-25-16-14(19)8-12(9-15(16)24-2)17(23)22-10-11-4-6-13(7-5-11)26-18(20)21/h4-9,18H,3,10H2,1-2H3,(H,22,23). The molecule has 2 aromatic rings. The van der Waals surface area contributed by atoms with Crippen LogP contribution in [0.4, 0.5) is 8.78 Å². The maximum Gasteiger partial charge on any atom is 0.387 e. The van der Waals surface area contributed by atoms with Gasteiger partial charge in [0.25, 0.3) is 5.91 Å². The van der Waals surface area contributed by atoms with Crippen molar-refractivity contribution in [2.45, 2.75) is 20.1 Å². The van der Waals surface area contributed by atoms with Crippen molar-refractivity contribution in [3.8, 4) is 17.2 Å². The number of alkyl halides is 2. The molecule has 0 radical (unpaired) electrons. The normalized spacial score (nSPS) is 10.5. The molecule has 0 bridgehead atoms. The van der Waals surface area contributed by atoms with E-state index < -0.39 is 6.61 Å². The lowest BCUT2D eigenvalue weighted by atomic mass is 10.1. The van der Waals surface area contributed by atoms with E-state index in [-0.39, 0.29) is 18.2 Å². The van der Waals surface area contributed by atoms with Gasteiger partial charge in [0.2, 0.25) is 0 Å². The first-order valence-corrected chi connectivity index (χ1v) is 8.56. The SMILES string of the molecule is CCOc1c(Br)cc(C(=O)NCc2ccc(OC(F)F)cc2)cc1OC. The Balaban J connectivity index is 2.04. The Morgan fingerprint density at radius 3 is 2.50 bits per heavy atom. The fourth-order valence-corrected chi connectivity index (χ4v) is 2.76. The Morgan fingerprint density at radius 2 is 1.92 bits per heavy atom. The maximum absolute atomic E-state index is 12.4. The lowest BCUT2D eigenvalue weighted by Crippen LogP contribution is -2.23. The van der Waals surface area contributed by atoms with Crippen LogP contribution < -0.4 is 19.5 Å². The van der Waals surface area contributed by atoms with Gasteiger partial charge in [-0.1, -0.05) is 12.1 Å². The van der Waals surface area contributed by atoms with Gasteiger partial charge in [0.05, 0.1) is 18.2 Å². The third-order valence-electron chi connectivity index (χ3n) is 3.38. The highest BCUT2D eigenvalue weighted by Crippen LogP contribution is 2.36. The molecule has 2 rings (SSSR count). The number of hydrogen-bond acceptors (Lipinski definition) is 4. The fourth-order valence-electron chi connectivity index (χ4n) is 2.21. The summed E-state index contributed by atoms with van der Waals surface area (Å²) in [7, 11) is 1.50. The number of carbonyl (C=O) groups excluding carboxylic acids is 1. The number of benzene rings is 2. The van der Waals surface area contributed by atoms with Gasteiger partial charge >= 0.3 is 6.61 Å².